The summed E-state index contributed by atoms with van der Waals surface area (Å²) in [4.78, 5) is 45.2. The Morgan fingerprint density at radius 1 is 1.13 bits per heavy atom. The highest BCUT2D eigenvalue weighted by molar-refractivity contribution is 5.99. The summed E-state index contributed by atoms with van der Waals surface area (Å²) in [7, 11) is 2.46. The van der Waals surface area contributed by atoms with Gasteiger partial charge in [-0.25, -0.2) is 9.59 Å². The molecule has 1 N–H and O–H groups in total. The zero-order valence-electron chi connectivity index (χ0n) is 17.7. The first-order chi connectivity index (χ1) is 14.7. The fraction of sp³-hybridized carbons (Fsp3) is 0.381. The molecule has 2 aliphatic heterocycles. The van der Waals surface area contributed by atoms with Crippen molar-refractivity contribution in [2.75, 3.05) is 20.8 Å². The second-order valence-corrected chi connectivity index (χ2v) is 6.79. The van der Waals surface area contributed by atoms with Gasteiger partial charge in [0.05, 0.1) is 42.8 Å². The topological polar surface area (TPSA) is 134 Å². The normalized spacial score (nSPS) is 16.1. The molecule has 2 heterocycles. The van der Waals surface area contributed by atoms with E-state index in [1.54, 1.807) is 19.9 Å². The van der Waals surface area contributed by atoms with E-state index < -0.39 is 22.8 Å². The molecule has 0 unspecified atom stereocenters. The van der Waals surface area contributed by atoms with E-state index in [4.69, 9.17) is 9.47 Å². The van der Waals surface area contributed by atoms with E-state index in [1.165, 1.54) is 32.4 Å². The molecule has 31 heavy (non-hydrogen) atoms. The Labute approximate surface area is 179 Å². The molecule has 0 bridgehead atoms. The van der Waals surface area contributed by atoms with E-state index in [9.17, 15) is 24.5 Å². The number of non-ortho nitro benzene ring substituents is 1. The molecule has 0 amide bonds. The van der Waals surface area contributed by atoms with E-state index in [2.05, 4.69) is 10.1 Å². The van der Waals surface area contributed by atoms with Crippen molar-refractivity contribution in [2.24, 2.45) is 0 Å². The molecule has 3 rings (SSSR count). The number of carbonyl (C=O) groups is 3. The minimum absolute atomic E-state index is 0.0463. The molecule has 1 fully saturated rings. The lowest BCUT2D eigenvalue weighted by molar-refractivity contribution is -0.384. The van der Waals surface area contributed by atoms with Crippen molar-refractivity contribution in [1.29, 1.82) is 0 Å². The number of nitrogens with zero attached hydrogens (tertiary/aromatic N) is 1. The van der Waals surface area contributed by atoms with Gasteiger partial charge in [-0.3, -0.25) is 14.9 Å². The Bertz CT molecular complexity index is 918. The van der Waals surface area contributed by atoms with Crippen LogP contribution in [0.15, 0.2) is 46.8 Å². The van der Waals surface area contributed by atoms with Crippen LogP contribution in [0.1, 0.15) is 38.2 Å². The van der Waals surface area contributed by atoms with Gasteiger partial charge in [-0.05, 0) is 25.8 Å². The molecule has 0 aromatic heterocycles. The minimum atomic E-state index is -0.832. The van der Waals surface area contributed by atoms with E-state index in [-0.39, 0.29) is 22.8 Å². The van der Waals surface area contributed by atoms with Gasteiger partial charge < -0.3 is 19.5 Å². The van der Waals surface area contributed by atoms with Crippen LogP contribution in [0.2, 0.25) is 0 Å². The summed E-state index contributed by atoms with van der Waals surface area (Å²) in [5.41, 5.74) is 1.71. The maximum absolute atomic E-state index is 12.3. The van der Waals surface area contributed by atoms with Crippen LogP contribution >= 0.6 is 0 Å². The molecule has 1 aromatic rings. The number of nitro groups is 1. The molecular weight excluding hydrogens is 408 g/mol. The van der Waals surface area contributed by atoms with Crippen molar-refractivity contribution in [3.63, 3.8) is 0 Å². The van der Waals surface area contributed by atoms with Crippen molar-refractivity contribution in [2.45, 2.75) is 32.6 Å². The number of methoxy groups -OCH3 is 2. The number of ether oxygens (including phenoxy) is 3. The SMILES string of the molecule is COC(=O)C1=C(C)NC(C)=C(C(=O)OC)C1c1cccc([N+](=O)[O-])c1.O=C1CCCO1. The Hall–Kier alpha value is -3.69. The van der Waals surface area contributed by atoms with Crippen LogP contribution in [0, 0.1) is 10.1 Å². The molecule has 166 valence electrons. The molecule has 0 saturated carbocycles. The van der Waals surface area contributed by atoms with Gasteiger partial charge >= 0.3 is 17.9 Å². The molecule has 0 spiro atoms. The predicted octanol–water partition coefficient (Wildman–Crippen LogP) is 2.50. The zero-order chi connectivity index (χ0) is 23.1. The average Bonchev–Trinajstić information content (AvgIpc) is 3.23. The smallest absolute Gasteiger partial charge is 0.336 e. The molecule has 10 heteroatoms. The fourth-order valence-electron chi connectivity index (χ4n) is 3.38. The third kappa shape index (κ3) is 5.47. The van der Waals surface area contributed by atoms with E-state index in [0.29, 0.717) is 30.0 Å². The average molecular weight is 432 g/mol. The van der Waals surface area contributed by atoms with Gasteiger partial charge in [-0.15, -0.1) is 0 Å². The Kier molecular flexibility index (Phi) is 7.89. The first kappa shape index (κ1) is 23.6. The summed E-state index contributed by atoms with van der Waals surface area (Å²) in [6, 6.07) is 5.80. The largest absolute Gasteiger partial charge is 0.466 e. The second-order valence-electron chi connectivity index (χ2n) is 6.79. The summed E-state index contributed by atoms with van der Waals surface area (Å²) in [6.07, 6.45) is 1.54. The number of cyclic esters (lactones) is 1. The number of carbonyl (C=O) groups excluding carboxylic acids is 3. The lowest BCUT2D eigenvalue weighted by Crippen LogP contribution is -2.32. The van der Waals surface area contributed by atoms with Gasteiger partial charge in [0.25, 0.3) is 5.69 Å². The third-order valence-electron chi connectivity index (χ3n) is 4.77. The van der Waals surface area contributed by atoms with Gasteiger partial charge in [0.15, 0.2) is 0 Å². The molecule has 0 atom stereocenters. The number of nitro benzene ring substituents is 1. The van der Waals surface area contributed by atoms with Crippen LogP contribution in [0.5, 0.6) is 0 Å². The standard InChI is InChI=1S/C17H18N2O6.C4H6O2/c1-9-13(16(20)24-3)15(14(10(2)18-9)17(21)25-4)11-6-5-7-12(8-11)19(22)23;5-4-2-1-3-6-4/h5-8,15,18H,1-4H3;1-3H2. The monoisotopic (exact) mass is 432 g/mol. The van der Waals surface area contributed by atoms with Gasteiger partial charge in [-0.2, -0.15) is 0 Å². The number of allylic oxidation sites excluding steroid dienone is 2. The number of hydrogen-bond donors (Lipinski definition) is 1. The van der Waals surface area contributed by atoms with Crippen LogP contribution < -0.4 is 5.32 Å². The van der Waals surface area contributed by atoms with Crippen molar-refractivity contribution < 1.29 is 33.5 Å². The van der Waals surface area contributed by atoms with E-state index >= 15 is 0 Å². The van der Waals surface area contributed by atoms with Gasteiger partial charge in [0.1, 0.15) is 0 Å². The third-order valence-corrected chi connectivity index (χ3v) is 4.77. The second kappa shape index (κ2) is 10.4. The van der Waals surface area contributed by atoms with Crippen molar-refractivity contribution in [3.05, 3.63) is 62.5 Å². The van der Waals surface area contributed by atoms with Crippen LogP contribution in [0.25, 0.3) is 0 Å². The number of benzene rings is 1. The van der Waals surface area contributed by atoms with Gasteiger partial charge in [-0.1, -0.05) is 12.1 Å². The van der Waals surface area contributed by atoms with E-state index in [1.807, 2.05) is 0 Å². The minimum Gasteiger partial charge on any atom is -0.466 e. The molecular formula is C21H24N2O8. The summed E-state index contributed by atoms with van der Waals surface area (Å²) in [5.74, 6) is -2.14. The first-order valence-electron chi connectivity index (χ1n) is 9.46. The predicted molar refractivity (Wildman–Crippen MR) is 109 cm³/mol. The van der Waals surface area contributed by atoms with Crippen molar-refractivity contribution in [1.82, 2.24) is 5.32 Å². The number of hydrogen-bond acceptors (Lipinski definition) is 9. The van der Waals surface area contributed by atoms with Gasteiger partial charge in [0.2, 0.25) is 0 Å². The molecule has 1 saturated heterocycles. The van der Waals surface area contributed by atoms with Crippen molar-refractivity contribution >= 4 is 23.6 Å². The fourth-order valence-corrected chi connectivity index (χ4v) is 3.38. The molecule has 0 radical (unpaired) electrons. The molecule has 0 aliphatic carbocycles. The lowest BCUT2D eigenvalue weighted by Gasteiger charge is -2.29. The van der Waals surface area contributed by atoms with Gasteiger partial charge in [0, 0.05) is 29.9 Å². The Morgan fingerprint density at radius 3 is 2.10 bits per heavy atom. The highest BCUT2D eigenvalue weighted by Gasteiger charge is 2.38. The first-order valence-corrected chi connectivity index (χ1v) is 9.46. The van der Waals surface area contributed by atoms with Crippen LogP contribution in [0.3, 0.4) is 0 Å². The zero-order valence-corrected chi connectivity index (χ0v) is 17.7. The lowest BCUT2D eigenvalue weighted by atomic mass is 9.80. The Balaban J connectivity index is 0.000000488. The number of esters is 3. The highest BCUT2D eigenvalue weighted by atomic mass is 16.6. The summed E-state index contributed by atoms with van der Waals surface area (Å²) in [5, 5.41) is 14.1. The van der Waals surface area contributed by atoms with Crippen LogP contribution in [-0.2, 0) is 28.6 Å². The van der Waals surface area contributed by atoms with Crippen molar-refractivity contribution in [3.8, 4) is 0 Å². The summed E-state index contributed by atoms with van der Waals surface area (Å²) >= 11 is 0. The number of dihydropyridines is 1. The summed E-state index contributed by atoms with van der Waals surface area (Å²) in [6.45, 7) is 3.99. The number of nitrogens with one attached hydrogen (secondary N) is 1. The number of rotatable bonds is 4. The maximum Gasteiger partial charge on any atom is 0.336 e. The maximum atomic E-state index is 12.3. The van der Waals surface area contributed by atoms with E-state index in [0.717, 1.165) is 6.42 Å². The Morgan fingerprint density at radius 2 is 1.71 bits per heavy atom. The molecule has 10 nitrogen and oxygen atoms in total. The summed E-state index contributed by atoms with van der Waals surface area (Å²) < 4.78 is 14.2. The highest BCUT2D eigenvalue weighted by Crippen LogP contribution is 2.39. The van der Waals surface area contributed by atoms with Crippen LogP contribution in [-0.4, -0.2) is 43.7 Å². The molecule has 1 aromatic carbocycles. The van der Waals surface area contributed by atoms with Crippen LogP contribution in [0.4, 0.5) is 5.69 Å². The molecule has 2 aliphatic rings. The quantitative estimate of drug-likeness (QED) is 0.329.